The quantitative estimate of drug-likeness (QED) is 0.415. The lowest BCUT2D eigenvalue weighted by Gasteiger charge is -2.08. The third-order valence-electron chi connectivity index (χ3n) is 2.78. The molecule has 0 aromatic heterocycles. The van der Waals surface area contributed by atoms with Crippen molar-refractivity contribution in [1.82, 2.24) is 0 Å². The van der Waals surface area contributed by atoms with Crippen LogP contribution in [0.2, 0.25) is 0 Å². The van der Waals surface area contributed by atoms with Crippen molar-refractivity contribution in [1.29, 1.82) is 0 Å². The molecule has 0 radical (unpaired) electrons. The van der Waals surface area contributed by atoms with Crippen LogP contribution < -0.4 is 0 Å². The van der Waals surface area contributed by atoms with Gasteiger partial charge in [-0.2, -0.15) is 0 Å². The van der Waals surface area contributed by atoms with Gasteiger partial charge < -0.3 is 9.47 Å². The molecule has 0 saturated heterocycles. The molecule has 0 N–H and O–H groups in total. The Labute approximate surface area is 129 Å². The lowest BCUT2D eigenvalue weighted by atomic mass is 10.1. The molecule has 118 valence electrons. The van der Waals surface area contributed by atoms with Crippen molar-refractivity contribution in [2.45, 2.75) is 37.7 Å². The van der Waals surface area contributed by atoms with E-state index in [1.54, 1.807) is 0 Å². The van der Waals surface area contributed by atoms with Crippen molar-refractivity contribution in [2.75, 3.05) is 13.7 Å². The molecule has 21 heavy (non-hydrogen) atoms. The van der Waals surface area contributed by atoms with E-state index in [9.17, 15) is 13.2 Å². The summed E-state index contributed by atoms with van der Waals surface area (Å²) in [6.45, 7) is 2.54. The van der Waals surface area contributed by atoms with E-state index < -0.39 is 15.0 Å². The van der Waals surface area contributed by atoms with E-state index in [-0.39, 0.29) is 17.1 Å². The summed E-state index contributed by atoms with van der Waals surface area (Å²) in [7, 11) is 2.89. The average Bonchev–Trinajstić information content (AvgIpc) is 2.42. The minimum atomic E-state index is -3.92. The minimum absolute atomic E-state index is 0.140. The predicted molar refractivity (Wildman–Crippen MR) is 80.0 cm³/mol. The highest BCUT2D eigenvalue weighted by molar-refractivity contribution is 8.13. The third-order valence-corrected chi connectivity index (χ3v) is 4.11. The van der Waals surface area contributed by atoms with Gasteiger partial charge in [-0.3, -0.25) is 0 Å². The summed E-state index contributed by atoms with van der Waals surface area (Å²) < 4.78 is 32.9. The van der Waals surface area contributed by atoms with Crippen molar-refractivity contribution < 1.29 is 22.7 Å². The van der Waals surface area contributed by atoms with Crippen LogP contribution in [0.1, 0.15) is 42.1 Å². The van der Waals surface area contributed by atoms with Crippen LogP contribution >= 0.6 is 10.7 Å². The monoisotopic (exact) mass is 334 g/mol. The van der Waals surface area contributed by atoms with E-state index in [1.165, 1.54) is 25.3 Å². The zero-order chi connectivity index (χ0) is 15.9. The Morgan fingerprint density at radius 3 is 2.52 bits per heavy atom. The molecule has 1 aromatic rings. The van der Waals surface area contributed by atoms with Gasteiger partial charge in [0.05, 0.1) is 23.7 Å². The number of rotatable bonds is 8. The lowest BCUT2D eigenvalue weighted by molar-refractivity contribution is 0.0497. The van der Waals surface area contributed by atoms with E-state index >= 15 is 0 Å². The highest BCUT2D eigenvalue weighted by atomic mass is 35.7. The molecule has 1 rings (SSSR count). The molecule has 0 fully saturated rings. The van der Waals surface area contributed by atoms with Crippen LogP contribution in [-0.2, 0) is 25.1 Å². The SMILES string of the molecule is CCCCCOC(=O)c1cc(COC)cc(S(=O)(=O)Cl)c1. The summed E-state index contributed by atoms with van der Waals surface area (Å²) >= 11 is 0. The van der Waals surface area contributed by atoms with Gasteiger partial charge in [-0.15, -0.1) is 0 Å². The summed E-state index contributed by atoms with van der Waals surface area (Å²) in [5, 5.41) is 0. The van der Waals surface area contributed by atoms with Crippen LogP contribution in [0.25, 0.3) is 0 Å². The maximum absolute atomic E-state index is 11.9. The molecule has 1 aromatic carbocycles. The van der Waals surface area contributed by atoms with Gasteiger partial charge in [0, 0.05) is 17.8 Å². The van der Waals surface area contributed by atoms with Crippen molar-refractivity contribution in [3.8, 4) is 0 Å². The largest absolute Gasteiger partial charge is 0.462 e. The molecule has 0 amide bonds. The van der Waals surface area contributed by atoms with Crippen LogP contribution in [0, 0.1) is 0 Å². The van der Waals surface area contributed by atoms with E-state index in [0.717, 1.165) is 19.3 Å². The summed E-state index contributed by atoms with van der Waals surface area (Å²) in [5.74, 6) is -0.564. The molecule has 0 atom stereocenters. The van der Waals surface area contributed by atoms with Gasteiger partial charge in [0.15, 0.2) is 0 Å². The van der Waals surface area contributed by atoms with Crippen LogP contribution in [-0.4, -0.2) is 28.1 Å². The fourth-order valence-electron chi connectivity index (χ4n) is 1.77. The number of benzene rings is 1. The van der Waals surface area contributed by atoms with Crippen molar-refractivity contribution in [2.24, 2.45) is 0 Å². The standard InChI is InChI=1S/C14H19ClO5S/c1-3-4-5-6-20-14(16)12-7-11(10-19-2)8-13(9-12)21(15,17)18/h7-9H,3-6,10H2,1-2H3. The first-order valence-electron chi connectivity index (χ1n) is 6.63. The van der Waals surface area contributed by atoms with E-state index in [2.05, 4.69) is 0 Å². The Hall–Kier alpha value is -1.11. The maximum Gasteiger partial charge on any atom is 0.338 e. The Balaban J connectivity index is 2.94. The molecule has 7 heteroatoms. The Morgan fingerprint density at radius 1 is 1.24 bits per heavy atom. The molecular formula is C14H19ClO5S. The van der Waals surface area contributed by atoms with Crippen LogP contribution in [0.4, 0.5) is 0 Å². The number of carbonyl (C=O) groups excluding carboxylic acids is 1. The zero-order valence-electron chi connectivity index (χ0n) is 12.1. The predicted octanol–water partition coefficient (Wildman–Crippen LogP) is 3.11. The van der Waals surface area contributed by atoms with Gasteiger partial charge >= 0.3 is 5.97 Å². The molecule has 0 spiro atoms. The van der Waals surface area contributed by atoms with Gasteiger partial charge in [-0.25, -0.2) is 13.2 Å². The van der Waals surface area contributed by atoms with Crippen LogP contribution in [0.15, 0.2) is 23.1 Å². The number of hydrogen-bond donors (Lipinski definition) is 0. The number of esters is 1. The molecule has 5 nitrogen and oxygen atoms in total. The number of halogens is 1. The van der Waals surface area contributed by atoms with E-state index in [1.807, 2.05) is 6.92 Å². The van der Waals surface area contributed by atoms with Crippen molar-refractivity contribution in [3.63, 3.8) is 0 Å². The van der Waals surface area contributed by atoms with Gasteiger partial charge in [0.2, 0.25) is 0 Å². The Morgan fingerprint density at radius 2 is 1.95 bits per heavy atom. The second-order valence-corrected chi connectivity index (χ2v) is 7.15. The van der Waals surface area contributed by atoms with Crippen molar-refractivity contribution >= 4 is 25.7 Å². The fraction of sp³-hybridized carbons (Fsp3) is 0.500. The average molecular weight is 335 g/mol. The molecular weight excluding hydrogens is 316 g/mol. The van der Waals surface area contributed by atoms with E-state index in [4.69, 9.17) is 20.2 Å². The van der Waals surface area contributed by atoms with Gasteiger partial charge in [0.1, 0.15) is 0 Å². The molecule has 0 aliphatic heterocycles. The number of carbonyl (C=O) groups is 1. The number of unbranched alkanes of at least 4 members (excludes halogenated alkanes) is 2. The van der Waals surface area contributed by atoms with Crippen molar-refractivity contribution in [3.05, 3.63) is 29.3 Å². The minimum Gasteiger partial charge on any atom is -0.462 e. The second-order valence-electron chi connectivity index (χ2n) is 4.58. The van der Waals surface area contributed by atoms with Crippen LogP contribution in [0.5, 0.6) is 0 Å². The maximum atomic E-state index is 11.9. The first-order valence-corrected chi connectivity index (χ1v) is 8.94. The normalized spacial score (nSPS) is 11.4. The van der Waals surface area contributed by atoms with Gasteiger partial charge in [-0.05, 0) is 30.2 Å². The summed E-state index contributed by atoms with van der Waals surface area (Å²) in [6.07, 6.45) is 2.77. The highest BCUT2D eigenvalue weighted by Gasteiger charge is 2.16. The van der Waals surface area contributed by atoms with Crippen LogP contribution in [0.3, 0.4) is 0 Å². The first-order chi connectivity index (χ1) is 9.88. The van der Waals surface area contributed by atoms with E-state index in [0.29, 0.717) is 12.2 Å². The summed E-state index contributed by atoms with van der Waals surface area (Å²) in [5.41, 5.74) is 0.694. The number of ether oxygens (including phenoxy) is 2. The lowest BCUT2D eigenvalue weighted by Crippen LogP contribution is -2.08. The smallest absolute Gasteiger partial charge is 0.338 e. The summed E-state index contributed by atoms with van der Waals surface area (Å²) in [6, 6.07) is 4.13. The molecule has 0 unspecified atom stereocenters. The molecule has 0 aliphatic carbocycles. The molecule has 0 saturated carbocycles. The molecule has 0 heterocycles. The zero-order valence-corrected chi connectivity index (χ0v) is 13.7. The van der Waals surface area contributed by atoms with Gasteiger partial charge in [0.25, 0.3) is 9.05 Å². The topological polar surface area (TPSA) is 69.7 Å². The molecule has 0 aliphatic rings. The first kappa shape index (κ1) is 17.9. The third kappa shape index (κ3) is 6.03. The number of hydrogen-bond acceptors (Lipinski definition) is 5. The summed E-state index contributed by atoms with van der Waals surface area (Å²) in [4.78, 5) is 11.8. The van der Waals surface area contributed by atoms with Gasteiger partial charge in [-0.1, -0.05) is 19.8 Å². The second kappa shape index (κ2) is 8.36. The number of methoxy groups -OCH3 is 1. The Kier molecular flexibility index (Phi) is 7.14. The highest BCUT2D eigenvalue weighted by Crippen LogP contribution is 2.20. The molecule has 0 bridgehead atoms. The fourth-order valence-corrected chi connectivity index (χ4v) is 2.60. The Bertz CT molecular complexity index is 583.